The highest BCUT2D eigenvalue weighted by Crippen LogP contribution is 2.08. The van der Waals surface area contributed by atoms with Crippen LogP contribution in [-0.2, 0) is 0 Å². The zero-order chi connectivity index (χ0) is 7.56. The SMILES string of the molecule is CC(C)c1nncc(Cl)n1. The maximum atomic E-state index is 5.58. The van der Waals surface area contributed by atoms with Crippen LogP contribution in [0.3, 0.4) is 0 Å². The van der Waals surface area contributed by atoms with Gasteiger partial charge in [-0.25, -0.2) is 4.98 Å². The Kier molecular flexibility index (Phi) is 2.17. The number of rotatable bonds is 1. The van der Waals surface area contributed by atoms with E-state index in [4.69, 9.17) is 11.6 Å². The van der Waals surface area contributed by atoms with Crippen molar-refractivity contribution in [3.8, 4) is 0 Å². The van der Waals surface area contributed by atoms with Crippen LogP contribution in [0.5, 0.6) is 0 Å². The van der Waals surface area contributed by atoms with Crippen LogP contribution in [0.25, 0.3) is 0 Å². The molecule has 0 amide bonds. The van der Waals surface area contributed by atoms with Crippen molar-refractivity contribution < 1.29 is 0 Å². The van der Waals surface area contributed by atoms with E-state index >= 15 is 0 Å². The second kappa shape index (κ2) is 2.92. The Hall–Kier alpha value is -0.700. The standard InChI is InChI=1S/C6H8ClN3/c1-4(2)6-9-5(7)3-8-10-6/h3-4H,1-2H3. The summed E-state index contributed by atoms with van der Waals surface area (Å²) in [5.74, 6) is 0.971. The molecule has 1 heterocycles. The summed E-state index contributed by atoms with van der Waals surface area (Å²) in [5, 5.41) is 7.86. The normalized spacial score (nSPS) is 10.4. The third-order valence-electron chi connectivity index (χ3n) is 1.06. The smallest absolute Gasteiger partial charge is 0.155 e. The molecule has 3 nitrogen and oxygen atoms in total. The molecular formula is C6H8ClN3. The quantitative estimate of drug-likeness (QED) is 0.622. The van der Waals surface area contributed by atoms with Gasteiger partial charge in [-0.05, 0) is 0 Å². The Bertz CT molecular complexity index is 224. The third kappa shape index (κ3) is 1.64. The van der Waals surface area contributed by atoms with E-state index in [1.165, 1.54) is 6.20 Å². The van der Waals surface area contributed by atoms with Crippen LogP contribution in [0.15, 0.2) is 6.20 Å². The van der Waals surface area contributed by atoms with Gasteiger partial charge in [-0.15, -0.1) is 5.10 Å². The first-order valence-corrected chi connectivity index (χ1v) is 3.43. The first-order valence-electron chi connectivity index (χ1n) is 3.05. The fourth-order valence-corrected chi connectivity index (χ4v) is 0.671. The molecule has 10 heavy (non-hydrogen) atoms. The molecule has 1 aromatic heterocycles. The van der Waals surface area contributed by atoms with E-state index in [1.807, 2.05) is 13.8 Å². The minimum atomic E-state index is 0.284. The van der Waals surface area contributed by atoms with Gasteiger partial charge in [-0.1, -0.05) is 25.4 Å². The van der Waals surface area contributed by atoms with Gasteiger partial charge in [0, 0.05) is 5.92 Å². The molecule has 0 aliphatic rings. The molecule has 0 spiro atoms. The lowest BCUT2D eigenvalue weighted by Crippen LogP contribution is -1.98. The fraction of sp³-hybridized carbons (Fsp3) is 0.500. The first kappa shape index (κ1) is 7.41. The molecular weight excluding hydrogens is 150 g/mol. The van der Waals surface area contributed by atoms with E-state index in [9.17, 15) is 0 Å². The van der Waals surface area contributed by atoms with Crippen LogP contribution in [0, 0.1) is 0 Å². The van der Waals surface area contributed by atoms with Gasteiger partial charge >= 0.3 is 0 Å². The summed E-state index contributed by atoms with van der Waals surface area (Å²) in [5.41, 5.74) is 0. The zero-order valence-electron chi connectivity index (χ0n) is 5.87. The largest absolute Gasteiger partial charge is 0.217 e. The molecule has 0 fully saturated rings. The minimum absolute atomic E-state index is 0.284. The van der Waals surface area contributed by atoms with E-state index < -0.39 is 0 Å². The molecule has 0 aliphatic heterocycles. The van der Waals surface area contributed by atoms with E-state index in [2.05, 4.69) is 15.2 Å². The van der Waals surface area contributed by atoms with Crippen LogP contribution in [-0.4, -0.2) is 15.2 Å². The Labute approximate surface area is 64.5 Å². The number of hydrogen-bond acceptors (Lipinski definition) is 3. The molecule has 0 N–H and O–H groups in total. The summed E-state index contributed by atoms with van der Waals surface area (Å²) >= 11 is 5.58. The summed E-state index contributed by atoms with van der Waals surface area (Å²) in [7, 11) is 0. The van der Waals surface area contributed by atoms with Crippen molar-refractivity contribution in [2.45, 2.75) is 19.8 Å². The van der Waals surface area contributed by atoms with Gasteiger partial charge in [0.2, 0.25) is 0 Å². The van der Waals surface area contributed by atoms with Crippen molar-refractivity contribution in [2.75, 3.05) is 0 Å². The summed E-state index contributed by atoms with van der Waals surface area (Å²) in [4.78, 5) is 3.96. The molecule has 0 atom stereocenters. The zero-order valence-corrected chi connectivity index (χ0v) is 6.63. The van der Waals surface area contributed by atoms with Crippen molar-refractivity contribution in [1.82, 2.24) is 15.2 Å². The van der Waals surface area contributed by atoms with E-state index in [1.54, 1.807) is 0 Å². The molecule has 4 heteroatoms. The number of aromatic nitrogens is 3. The third-order valence-corrected chi connectivity index (χ3v) is 1.24. The first-order chi connectivity index (χ1) is 4.70. The predicted molar refractivity (Wildman–Crippen MR) is 38.9 cm³/mol. The Balaban J connectivity index is 2.96. The topological polar surface area (TPSA) is 38.7 Å². The number of nitrogens with zero attached hydrogens (tertiary/aromatic N) is 3. The van der Waals surface area contributed by atoms with Gasteiger partial charge < -0.3 is 0 Å². The molecule has 0 bridgehead atoms. The van der Waals surface area contributed by atoms with Gasteiger partial charge in [-0.3, -0.25) is 0 Å². The van der Waals surface area contributed by atoms with Gasteiger partial charge in [0.05, 0.1) is 6.20 Å². The molecule has 0 aromatic carbocycles. The van der Waals surface area contributed by atoms with Gasteiger partial charge in [0.15, 0.2) is 11.0 Å². The molecule has 1 aromatic rings. The summed E-state index contributed by atoms with van der Waals surface area (Å²) in [6.07, 6.45) is 1.42. The lowest BCUT2D eigenvalue weighted by molar-refractivity contribution is 0.735. The highest BCUT2D eigenvalue weighted by molar-refractivity contribution is 6.29. The maximum Gasteiger partial charge on any atom is 0.155 e. The van der Waals surface area contributed by atoms with Crippen LogP contribution in [0.1, 0.15) is 25.6 Å². The van der Waals surface area contributed by atoms with Crippen LogP contribution in [0.4, 0.5) is 0 Å². The lowest BCUT2D eigenvalue weighted by atomic mass is 10.2. The molecule has 0 saturated heterocycles. The number of hydrogen-bond donors (Lipinski definition) is 0. The Morgan fingerprint density at radius 2 is 2.20 bits per heavy atom. The van der Waals surface area contributed by atoms with Gasteiger partial charge in [0.1, 0.15) is 0 Å². The minimum Gasteiger partial charge on any atom is -0.217 e. The fourth-order valence-electron chi connectivity index (χ4n) is 0.541. The highest BCUT2D eigenvalue weighted by Gasteiger charge is 2.02. The average Bonchev–Trinajstić information content (AvgIpc) is 1.88. The molecule has 0 radical (unpaired) electrons. The van der Waals surface area contributed by atoms with E-state index in [0.717, 1.165) is 0 Å². The molecule has 1 rings (SSSR count). The Morgan fingerprint density at radius 3 is 2.60 bits per heavy atom. The monoisotopic (exact) mass is 157 g/mol. The van der Waals surface area contributed by atoms with Crippen LogP contribution < -0.4 is 0 Å². The van der Waals surface area contributed by atoms with Crippen molar-refractivity contribution in [3.05, 3.63) is 17.2 Å². The summed E-state index contributed by atoms with van der Waals surface area (Å²) in [6, 6.07) is 0. The molecule has 54 valence electrons. The molecule has 0 aliphatic carbocycles. The van der Waals surface area contributed by atoms with Gasteiger partial charge in [-0.2, -0.15) is 5.10 Å². The van der Waals surface area contributed by atoms with Crippen molar-refractivity contribution in [3.63, 3.8) is 0 Å². The van der Waals surface area contributed by atoms with Gasteiger partial charge in [0.25, 0.3) is 0 Å². The summed E-state index contributed by atoms with van der Waals surface area (Å²) in [6.45, 7) is 3.99. The van der Waals surface area contributed by atoms with Crippen molar-refractivity contribution in [1.29, 1.82) is 0 Å². The van der Waals surface area contributed by atoms with Crippen LogP contribution in [0.2, 0.25) is 5.15 Å². The lowest BCUT2D eigenvalue weighted by Gasteiger charge is -1.99. The Morgan fingerprint density at radius 1 is 1.50 bits per heavy atom. The average molecular weight is 158 g/mol. The van der Waals surface area contributed by atoms with E-state index in [-0.39, 0.29) is 5.92 Å². The van der Waals surface area contributed by atoms with Crippen LogP contribution >= 0.6 is 11.6 Å². The predicted octanol–water partition coefficient (Wildman–Crippen LogP) is 1.65. The maximum absolute atomic E-state index is 5.58. The number of halogens is 1. The van der Waals surface area contributed by atoms with E-state index in [0.29, 0.717) is 11.0 Å². The van der Waals surface area contributed by atoms with Crippen molar-refractivity contribution >= 4 is 11.6 Å². The van der Waals surface area contributed by atoms with Crippen molar-refractivity contribution in [2.24, 2.45) is 0 Å². The second-order valence-corrected chi connectivity index (χ2v) is 2.68. The molecule has 0 unspecified atom stereocenters. The molecule has 0 saturated carbocycles. The second-order valence-electron chi connectivity index (χ2n) is 2.29. The highest BCUT2D eigenvalue weighted by atomic mass is 35.5. The summed E-state index contributed by atoms with van der Waals surface area (Å²) < 4.78 is 0.